The Morgan fingerprint density at radius 1 is 1.15 bits per heavy atom. The smallest absolute Gasteiger partial charge is 0.308 e. The van der Waals surface area contributed by atoms with Crippen LogP contribution in [0.1, 0.15) is 5.56 Å². The Morgan fingerprint density at radius 3 is 2.58 bits per heavy atom. The number of anilines is 2. The standard InChI is InChI=1S/C18H14ClFN4O2/c1-11-2-5-13(10-15(11)20)22-18(26)23-16-17(25)24(9-8-21-16)14-6-3-12(19)4-7-14/h2-10H,1H3,(H2,21,22,23,26). The summed E-state index contributed by atoms with van der Waals surface area (Å²) in [7, 11) is 0. The van der Waals surface area contributed by atoms with Crippen LogP contribution in [0.15, 0.2) is 59.7 Å². The van der Waals surface area contributed by atoms with E-state index in [-0.39, 0.29) is 11.5 Å². The Balaban J connectivity index is 1.80. The largest absolute Gasteiger partial charge is 0.325 e. The Hall–Kier alpha value is -3.19. The Bertz CT molecular complexity index is 1020. The fourth-order valence-corrected chi connectivity index (χ4v) is 2.37. The molecule has 1 aromatic heterocycles. The molecule has 0 aliphatic carbocycles. The van der Waals surface area contributed by atoms with E-state index in [0.717, 1.165) is 0 Å². The van der Waals surface area contributed by atoms with Crippen LogP contribution in [-0.2, 0) is 0 Å². The summed E-state index contributed by atoms with van der Waals surface area (Å²) >= 11 is 5.85. The number of nitrogens with zero attached hydrogens (tertiary/aromatic N) is 2. The van der Waals surface area contributed by atoms with Crippen molar-refractivity contribution >= 4 is 29.1 Å². The molecule has 3 aromatic rings. The van der Waals surface area contributed by atoms with Gasteiger partial charge in [0.25, 0.3) is 5.56 Å². The number of halogens is 2. The first-order chi connectivity index (χ1) is 12.4. The summed E-state index contributed by atoms with van der Waals surface area (Å²) in [6.45, 7) is 1.62. The van der Waals surface area contributed by atoms with Gasteiger partial charge in [-0.25, -0.2) is 14.2 Å². The predicted molar refractivity (Wildman–Crippen MR) is 98.6 cm³/mol. The van der Waals surface area contributed by atoms with Crippen molar-refractivity contribution in [2.45, 2.75) is 6.92 Å². The first-order valence-corrected chi connectivity index (χ1v) is 7.99. The predicted octanol–water partition coefficient (Wildman–Crippen LogP) is 3.98. The zero-order valence-electron chi connectivity index (χ0n) is 13.7. The van der Waals surface area contributed by atoms with Crippen LogP contribution in [0.2, 0.25) is 5.02 Å². The van der Waals surface area contributed by atoms with E-state index < -0.39 is 17.4 Å². The molecule has 0 saturated carbocycles. The average Bonchev–Trinajstić information content (AvgIpc) is 2.61. The maximum absolute atomic E-state index is 13.5. The van der Waals surface area contributed by atoms with E-state index in [2.05, 4.69) is 15.6 Å². The topological polar surface area (TPSA) is 76.0 Å². The number of aromatic nitrogens is 2. The Kier molecular flexibility index (Phi) is 4.99. The molecule has 26 heavy (non-hydrogen) atoms. The van der Waals surface area contributed by atoms with Crippen molar-refractivity contribution in [3.63, 3.8) is 0 Å². The number of aryl methyl sites for hydroxylation is 1. The van der Waals surface area contributed by atoms with Gasteiger partial charge in [0.2, 0.25) is 5.82 Å². The van der Waals surface area contributed by atoms with Gasteiger partial charge in [-0.3, -0.25) is 14.7 Å². The summed E-state index contributed by atoms with van der Waals surface area (Å²) in [6.07, 6.45) is 2.86. The summed E-state index contributed by atoms with van der Waals surface area (Å²) in [5, 5.41) is 5.37. The molecule has 3 rings (SSSR count). The van der Waals surface area contributed by atoms with E-state index in [4.69, 9.17) is 11.6 Å². The van der Waals surface area contributed by atoms with E-state index >= 15 is 0 Å². The summed E-state index contributed by atoms with van der Waals surface area (Å²) in [6, 6.07) is 10.2. The van der Waals surface area contributed by atoms with E-state index in [0.29, 0.717) is 16.3 Å². The van der Waals surface area contributed by atoms with Crippen molar-refractivity contribution < 1.29 is 9.18 Å². The van der Waals surface area contributed by atoms with Gasteiger partial charge in [0.15, 0.2) is 0 Å². The molecule has 0 fully saturated rings. The van der Waals surface area contributed by atoms with Gasteiger partial charge in [-0.2, -0.15) is 0 Å². The SMILES string of the molecule is Cc1ccc(NC(=O)Nc2nccn(-c3ccc(Cl)cc3)c2=O)cc1F. The van der Waals surface area contributed by atoms with Gasteiger partial charge in [-0.15, -0.1) is 0 Å². The summed E-state index contributed by atoms with van der Waals surface area (Å²) in [5.41, 5.74) is 0.789. The van der Waals surface area contributed by atoms with Crippen molar-refractivity contribution in [2.24, 2.45) is 0 Å². The molecule has 132 valence electrons. The minimum absolute atomic E-state index is 0.160. The molecule has 0 atom stereocenters. The van der Waals surface area contributed by atoms with Gasteiger partial charge >= 0.3 is 6.03 Å². The van der Waals surface area contributed by atoms with Crippen LogP contribution in [0.5, 0.6) is 0 Å². The Morgan fingerprint density at radius 2 is 1.88 bits per heavy atom. The number of urea groups is 1. The summed E-state index contributed by atoms with van der Waals surface area (Å²) in [5.74, 6) is -0.599. The van der Waals surface area contributed by atoms with Gasteiger partial charge in [-0.1, -0.05) is 17.7 Å². The zero-order chi connectivity index (χ0) is 18.7. The van der Waals surface area contributed by atoms with Gasteiger partial charge in [0, 0.05) is 28.8 Å². The highest BCUT2D eigenvalue weighted by Crippen LogP contribution is 2.14. The van der Waals surface area contributed by atoms with E-state index in [1.807, 2.05) is 0 Å². The van der Waals surface area contributed by atoms with Gasteiger partial charge < -0.3 is 5.32 Å². The average molecular weight is 373 g/mol. The second-order valence-electron chi connectivity index (χ2n) is 5.47. The molecule has 2 N–H and O–H groups in total. The number of rotatable bonds is 3. The minimum atomic E-state index is -0.702. The number of carbonyl (C=O) groups excluding carboxylic acids is 1. The van der Waals surface area contributed by atoms with E-state index in [1.54, 1.807) is 43.3 Å². The van der Waals surface area contributed by atoms with Crippen molar-refractivity contribution in [1.82, 2.24) is 9.55 Å². The van der Waals surface area contributed by atoms with Crippen molar-refractivity contribution in [3.05, 3.63) is 81.6 Å². The molecule has 2 aromatic carbocycles. The molecule has 1 heterocycles. The number of benzene rings is 2. The summed E-state index contributed by atoms with van der Waals surface area (Å²) < 4.78 is 14.9. The number of hydrogen-bond donors (Lipinski definition) is 2. The second kappa shape index (κ2) is 7.37. The number of carbonyl (C=O) groups is 1. The van der Waals surface area contributed by atoms with Gasteiger partial charge in [0.05, 0.1) is 0 Å². The normalized spacial score (nSPS) is 10.4. The molecule has 0 aliphatic heterocycles. The molecule has 8 heteroatoms. The molecule has 6 nitrogen and oxygen atoms in total. The molecule has 0 unspecified atom stereocenters. The molecule has 0 bridgehead atoms. The maximum atomic E-state index is 13.5. The highest BCUT2D eigenvalue weighted by Gasteiger charge is 2.11. The highest BCUT2D eigenvalue weighted by molar-refractivity contribution is 6.30. The Labute approximate surface area is 153 Å². The van der Waals surface area contributed by atoms with Crippen LogP contribution >= 0.6 is 11.6 Å². The van der Waals surface area contributed by atoms with Crippen LogP contribution in [0.4, 0.5) is 20.7 Å². The van der Waals surface area contributed by atoms with Crippen LogP contribution in [-0.4, -0.2) is 15.6 Å². The molecule has 0 aliphatic rings. The number of hydrogen-bond acceptors (Lipinski definition) is 3. The lowest BCUT2D eigenvalue weighted by Gasteiger charge is -2.10. The quantitative estimate of drug-likeness (QED) is 0.730. The minimum Gasteiger partial charge on any atom is -0.308 e. The molecule has 0 radical (unpaired) electrons. The third-order valence-electron chi connectivity index (χ3n) is 3.61. The molecule has 0 saturated heterocycles. The fraction of sp³-hybridized carbons (Fsp3) is 0.0556. The lowest BCUT2D eigenvalue weighted by molar-refractivity contribution is 0.262. The third-order valence-corrected chi connectivity index (χ3v) is 3.86. The second-order valence-corrected chi connectivity index (χ2v) is 5.91. The number of amides is 2. The van der Waals surface area contributed by atoms with E-state index in [1.165, 1.54) is 23.0 Å². The third kappa shape index (κ3) is 3.89. The molecular formula is C18H14ClFN4O2. The lowest BCUT2D eigenvalue weighted by atomic mass is 10.2. The van der Waals surface area contributed by atoms with Crippen LogP contribution in [0.25, 0.3) is 5.69 Å². The molecule has 0 spiro atoms. The van der Waals surface area contributed by atoms with Gasteiger partial charge in [-0.05, 0) is 48.9 Å². The molecule has 2 amide bonds. The van der Waals surface area contributed by atoms with Crippen LogP contribution in [0, 0.1) is 12.7 Å². The van der Waals surface area contributed by atoms with Crippen molar-refractivity contribution in [3.8, 4) is 5.69 Å². The lowest BCUT2D eigenvalue weighted by Crippen LogP contribution is -2.28. The van der Waals surface area contributed by atoms with Crippen LogP contribution in [0.3, 0.4) is 0 Å². The first-order valence-electron chi connectivity index (χ1n) is 7.62. The zero-order valence-corrected chi connectivity index (χ0v) is 14.4. The van der Waals surface area contributed by atoms with Crippen molar-refractivity contribution in [1.29, 1.82) is 0 Å². The fourth-order valence-electron chi connectivity index (χ4n) is 2.24. The van der Waals surface area contributed by atoms with Gasteiger partial charge in [0.1, 0.15) is 5.82 Å². The monoisotopic (exact) mass is 372 g/mol. The van der Waals surface area contributed by atoms with Crippen LogP contribution < -0.4 is 16.2 Å². The maximum Gasteiger partial charge on any atom is 0.325 e. The molecular weight excluding hydrogens is 359 g/mol. The number of nitrogens with one attached hydrogen (secondary N) is 2. The first kappa shape index (κ1) is 17.6. The summed E-state index contributed by atoms with van der Waals surface area (Å²) in [4.78, 5) is 28.5. The van der Waals surface area contributed by atoms with Crippen molar-refractivity contribution in [2.75, 3.05) is 10.6 Å². The highest BCUT2D eigenvalue weighted by atomic mass is 35.5. The van der Waals surface area contributed by atoms with E-state index in [9.17, 15) is 14.0 Å².